The fourth-order valence-corrected chi connectivity index (χ4v) is 4.51. The van der Waals surface area contributed by atoms with Crippen LogP contribution in [-0.2, 0) is 22.0 Å². The molecule has 0 radical (unpaired) electrons. The molecule has 10 heteroatoms. The van der Waals surface area contributed by atoms with E-state index in [0.717, 1.165) is 6.42 Å². The van der Waals surface area contributed by atoms with Gasteiger partial charge in [-0.2, -0.15) is 4.98 Å². The lowest BCUT2D eigenvalue weighted by Gasteiger charge is -2.25. The average molecular weight is 388 g/mol. The first-order valence-corrected chi connectivity index (χ1v) is 9.27. The zero-order valence-electron chi connectivity index (χ0n) is 16.2. The van der Waals surface area contributed by atoms with E-state index in [4.69, 9.17) is 9.26 Å². The summed E-state index contributed by atoms with van der Waals surface area (Å²) in [6, 6.07) is -0.0496. The van der Waals surface area contributed by atoms with Crippen LogP contribution in [0.4, 0.5) is 0 Å². The third-order valence-electron chi connectivity index (χ3n) is 5.72. The maximum absolute atomic E-state index is 12.5. The molecule has 28 heavy (non-hydrogen) atoms. The van der Waals surface area contributed by atoms with E-state index >= 15 is 0 Å². The molecule has 0 aromatic carbocycles. The van der Waals surface area contributed by atoms with Gasteiger partial charge in [-0.3, -0.25) is 9.59 Å². The molecular formula is C18H24N6O4. The Hall–Kier alpha value is -2.75. The van der Waals surface area contributed by atoms with Crippen LogP contribution in [0.15, 0.2) is 17.0 Å². The number of hydrogen-bond acceptors (Lipinski definition) is 7. The van der Waals surface area contributed by atoms with E-state index in [9.17, 15) is 9.59 Å². The Balaban J connectivity index is 1.54. The Bertz CT molecular complexity index is 892. The van der Waals surface area contributed by atoms with Gasteiger partial charge in [-0.1, -0.05) is 5.16 Å². The highest BCUT2D eigenvalue weighted by atomic mass is 16.5. The number of fused-ring (bicyclic) bond motifs is 1. The van der Waals surface area contributed by atoms with Gasteiger partial charge in [0.2, 0.25) is 11.8 Å². The molecule has 1 saturated carbocycles. The molecule has 1 N–H and O–H groups in total. The van der Waals surface area contributed by atoms with E-state index < -0.39 is 5.41 Å². The fraction of sp³-hybridized carbons (Fsp3) is 0.611. The third-order valence-corrected chi connectivity index (χ3v) is 5.72. The monoisotopic (exact) mass is 388 g/mol. The fourth-order valence-electron chi connectivity index (χ4n) is 4.51. The van der Waals surface area contributed by atoms with Crippen LogP contribution < -0.4 is 5.32 Å². The maximum Gasteiger partial charge on any atom is 0.271 e. The molecule has 1 unspecified atom stereocenters. The number of amides is 2. The Morgan fingerprint density at radius 1 is 1.46 bits per heavy atom. The third kappa shape index (κ3) is 3.17. The SMILES string of the molecule is COCC(=O)N1CC2C[C@@H](NC(=O)c3cn(C)cn3)C[C@]2(c2nc(C)no2)C1. The predicted molar refractivity (Wildman–Crippen MR) is 96.4 cm³/mol. The van der Waals surface area contributed by atoms with Crippen LogP contribution in [0.2, 0.25) is 0 Å². The van der Waals surface area contributed by atoms with Crippen molar-refractivity contribution in [1.82, 2.24) is 29.9 Å². The van der Waals surface area contributed by atoms with Crippen LogP contribution in [0.1, 0.15) is 35.0 Å². The van der Waals surface area contributed by atoms with E-state index in [0.29, 0.717) is 36.9 Å². The van der Waals surface area contributed by atoms with Crippen molar-refractivity contribution < 1.29 is 18.8 Å². The zero-order valence-corrected chi connectivity index (χ0v) is 16.2. The normalized spacial score (nSPS) is 26.5. The number of likely N-dealkylation sites (tertiary alicyclic amines) is 1. The predicted octanol–water partition coefficient (Wildman–Crippen LogP) is 0.0465. The number of ether oxygens (including phenoxy) is 1. The van der Waals surface area contributed by atoms with Gasteiger partial charge >= 0.3 is 0 Å². The molecule has 1 aliphatic carbocycles. The van der Waals surface area contributed by atoms with Gasteiger partial charge in [0, 0.05) is 39.5 Å². The largest absolute Gasteiger partial charge is 0.375 e. The lowest BCUT2D eigenvalue weighted by molar-refractivity contribution is -0.134. The molecule has 4 rings (SSSR count). The lowest BCUT2D eigenvalue weighted by Crippen LogP contribution is -2.40. The summed E-state index contributed by atoms with van der Waals surface area (Å²) in [5, 5.41) is 7.02. The van der Waals surface area contributed by atoms with Gasteiger partial charge in [0.1, 0.15) is 12.3 Å². The molecule has 0 bridgehead atoms. The minimum Gasteiger partial charge on any atom is -0.375 e. The molecule has 0 spiro atoms. The van der Waals surface area contributed by atoms with Crippen molar-refractivity contribution in [1.29, 1.82) is 0 Å². The number of carbonyl (C=O) groups is 2. The van der Waals surface area contributed by atoms with E-state index in [1.54, 1.807) is 28.9 Å². The summed E-state index contributed by atoms with van der Waals surface area (Å²) in [5.41, 5.74) is -0.0636. The number of nitrogens with one attached hydrogen (secondary N) is 1. The molecule has 10 nitrogen and oxygen atoms in total. The molecule has 3 atom stereocenters. The van der Waals surface area contributed by atoms with Gasteiger partial charge in [0.15, 0.2) is 5.82 Å². The number of nitrogens with zero attached hydrogens (tertiary/aromatic N) is 5. The average Bonchev–Trinajstić information content (AvgIpc) is 3.38. The zero-order chi connectivity index (χ0) is 19.9. The molecule has 2 aromatic heterocycles. The standard InChI is InChI=1S/C18H24N6O4/c1-11-20-17(28-22-11)18-5-13(21-16(26)14-7-23(2)10-19-14)4-12(18)6-24(9-18)15(25)8-27-3/h7,10,12-13H,4-6,8-9H2,1-3H3,(H,21,26)/t12?,13-,18+/m1/s1. The van der Waals surface area contributed by atoms with Gasteiger partial charge in [-0.15, -0.1) is 0 Å². The van der Waals surface area contributed by atoms with Crippen LogP contribution in [0.3, 0.4) is 0 Å². The molecule has 3 heterocycles. The van der Waals surface area contributed by atoms with E-state index in [1.165, 1.54) is 7.11 Å². The van der Waals surface area contributed by atoms with Crippen LogP contribution in [0.25, 0.3) is 0 Å². The summed E-state index contributed by atoms with van der Waals surface area (Å²) in [5.74, 6) is 0.974. The van der Waals surface area contributed by atoms with E-state index in [2.05, 4.69) is 20.4 Å². The minimum absolute atomic E-state index is 0.0471. The van der Waals surface area contributed by atoms with Gasteiger partial charge in [-0.05, 0) is 25.7 Å². The number of aromatic nitrogens is 4. The molecule has 1 aliphatic heterocycles. The number of carbonyl (C=O) groups excluding carboxylic acids is 2. The Morgan fingerprint density at radius 3 is 2.93 bits per heavy atom. The van der Waals surface area contributed by atoms with Crippen LogP contribution in [0.5, 0.6) is 0 Å². The van der Waals surface area contributed by atoms with Crippen molar-refractivity contribution in [3.05, 3.63) is 29.9 Å². The van der Waals surface area contributed by atoms with Crippen molar-refractivity contribution >= 4 is 11.8 Å². The second-order valence-electron chi connectivity index (χ2n) is 7.74. The molecule has 150 valence electrons. The first kappa shape index (κ1) is 18.6. The van der Waals surface area contributed by atoms with Crippen molar-refractivity contribution in [2.24, 2.45) is 13.0 Å². The maximum atomic E-state index is 12.5. The Kier molecular flexibility index (Phi) is 4.66. The van der Waals surface area contributed by atoms with Crippen LogP contribution >= 0.6 is 0 Å². The molecule has 2 aromatic rings. The summed E-state index contributed by atoms with van der Waals surface area (Å²) in [6.45, 7) is 2.89. The topological polar surface area (TPSA) is 115 Å². The lowest BCUT2D eigenvalue weighted by atomic mass is 9.80. The number of rotatable bonds is 5. The van der Waals surface area contributed by atoms with Crippen LogP contribution in [0, 0.1) is 12.8 Å². The summed E-state index contributed by atoms with van der Waals surface area (Å²) in [4.78, 5) is 35.2. The van der Waals surface area contributed by atoms with Gasteiger partial charge in [-0.25, -0.2) is 4.98 Å². The number of hydrogen-bond donors (Lipinski definition) is 1. The van der Waals surface area contributed by atoms with Crippen molar-refractivity contribution in [3.8, 4) is 0 Å². The summed E-state index contributed by atoms with van der Waals surface area (Å²) >= 11 is 0. The van der Waals surface area contributed by atoms with E-state index in [-0.39, 0.29) is 30.4 Å². The van der Waals surface area contributed by atoms with Gasteiger partial charge in [0.25, 0.3) is 5.91 Å². The summed E-state index contributed by atoms with van der Waals surface area (Å²) in [7, 11) is 3.33. The van der Waals surface area contributed by atoms with Crippen molar-refractivity contribution in [2.75, 3.05) is 26.8 Å². The minimum atomic E-state index is -0.452. The number of methoxy groups -OCH3 is 1. The van der Waals surface area contributed by atoms with E-state index in [1.807, 2.05) is 7.05 Å². The highest BCUT2D eigenvalue weighted by Crippen LogP contribution is 2.50. The smallest absolute Gasteiger partial charge is 0.271 e. The first-order chi connectivity index (χ1) is 13.4. The summed E-state index contributed by atoms with van der Waals surface area (Å²) < 4.78 is 12.3. The molecular weight excluding hydrogens is 364 g/mol. The van der Waals surface area contributed by atoms with Gasteiger partial charge < -0.3 is 24.0 Å². The molecule has 2 aliphatic rings. The second-order valence-corrected chi connectivity index (χ2v) is 7.74. The Morgan fingerprint density at radius 2 is 2.29 bits per heavy atom. The quantitative estimate of drug-likeness (QED) is 0.769. The molecule has 2 fully saturated rings. The highest BCUT2D eigenvalue weighted by molar-refractivity contribution is 5.92. The second kappa shape index (κ2) is 7.01. The Labute approximate surface area is 162 Å². The molecule has 2 amide bonds. The number of imidazole rings is 1. The van der Waals surface area contributed by atoms with Crippen molar-refractivity contribution in [3.63, 3.8) is 0 Å². The number of aryl methyl sites for hydroxylation is 2. The van der Waals surface area contributed by atoms with Gasteiger partial charge in [0.05, 0.1) is 11.7 Å². The highest BCUT2D eigenvalue weighted by Gasteiger charge is 2.58. The first-order valence-electron chi connectivity index (χ1n) is 9.27. The van der Waals surface area contributed by atoms with Crippen LogP contribution in [-0.4, -0.2) is 69.3 Å². The summed E-state index contributed by atoms with van der Waals surface area (Å²) in [6.07, 6.45) is 4.65. The van der Waals surface area contributed by atoms with Crippen molar-refractivity contribution in [2.45, 2.75) is 31.2 Å². The molecule has 1 saturated heterocycles.